The van der Waals surface area contributed by atoms with Gasteiger partial charge in [0.25, 0.3) is 0 Å². The second-order valence-electron chi connectivity index (χ2n) is 17.0. The summed E-state index contributed by atoms with van der Waals surface area (Å²) < 4.78 is 37.1. The Bertz CT molecular complexity index is 2710. The average molecular weight is 953 g/mol. The Balaban J connectivity index is 0.000000209. The van der Waals surface area contributed by atoms with Gasteiger partial charge in [-0.1, -0.05) is 84.9 Å². The first-order chi connectivity index (χ1) is 33.9. The van der Waals surface area contributed by atoms with Gasteiger partial charge < -0.3 is 20.9 Å². The van der Waals surface area contributed by atoms with Crippen molar-refractivity contribution in [3.05, 3.63) is 168 Å². The van der Waals surface area contributed by atoms with Crippen LogP contribution in [0.1, 0.15) is 70.4 Å². The molecule has 0 unspecified atom stereocenters. The van der Waals surface area contributed by atoms with E-state index in [4.69, 9.17) is 5.73 Å². The predicted molar refractivity (Wildman–Crippen MR) is 263 cm³/mol. The number of amides is 5. The second kappa shape index (κ2) is 24.0. The van der Waals surface area contributed by atoms with Gasteiger partial charge in [-0.05, 0) is 97.2 Å². The fourth-order valence-corrected chi connectivity index (χ4v) is 8.26. The van der Waals surface area contributed by atoms with Crippen LogP contribution in [0, 0.1) is 0 Å². The van der Waals surface area contributed by atoms with Crippen LogP contribution in [0.2, 0.25) is 0 Å². The van der Waals surface area contributed by atoms with E-state index >= 15 is 0 Å². The monoisotopic (exact) mass is 952 g/mol. The molecule has 0 saturated carbocycles. The quantitative estimate of drug-likeness (QED) is 0.108. The molecule has 4 aromatic carbocycles. The van der Waals surface area contributed by atoms with Crippen molar-refractivity contribution in [3.8, 4) is 22.3 Å². The number of halogens is 3. The number of nitrogens with two attached hydrogens (primary N) is 1. The number of rotatable bonds is 13. The van der Waals surface area contributed by atoms with Crippen molar-refractivity contribution in [1.29, 1.82) is 0 Å². The van der Waals surface area contributed by atoms with Crippen LogP contribution in [-0.2, 0) is 17.9 Å². The van der Waals surface area contributed by atoms with E-state index in [0.29, 0.717) is 30.9 Å². The number of aromatic nitrogens is 2. The normalized spacial score (nSPS) is 13.6. The molecule has 4 heterocycles. The summed E-state index contributed by atoms with van der Waals surface area (Å²) in [5, 5.41) is 1.58. The molecule has 70 heavy (non-hydrogen) atoms. The van der Waals surface area contributed by atoms with Crippen LogP contribution in [-0.4, -0.2) is 94.7 Å². The maximum absolute atomic E-state index is 13.6. The molecule has 2 aliphatic heterocycles. The van der Waals surface area contributed by atoms with E-state index in [2.05, 4.69) is 9.97 Å². The van der Waals surface area contributed by atoms with Gasteiger partial charge in [-0.15, -0.1) is 0 Å². The summed E-state index contributed by atoms with van der Waals surface area (Å²) in [4.78, 5) is 77.9. The van der Waals surface area contributed by atoms with Crippen LogP contribution >= 0.6 is 0 Å². The molecule has 2 saturated heterocycles. The van der Waals surface area contributed by atoms with Crippen molar-refractivity contribution in [2.45, 2.75) is 57.8 Å². The highest BCUT2D eigenvalue weighted by molar-refractivity contribution is 6.00. The van der Waals surface area contributed by atoms with Gasteiger partial charge in [-0.25, -0.2) is 9.59 Å². The molecule has 3 N–H and O–H groups in total. The number of pyridine rings is 2. The highest BCUT2D eigenvalue weighted by atomic mass is 19.4. The molecule has 2 aromatic heterocycles. The fraction of sp³-hybridized carbons (Fsp3) is 0.278. The summed E-state index contributed by atoms with van der Waals surface area (Å²) in [6, 6.07) is 36.8. The number of ketones is 2. The Morgan fingerprint density at radius 2 is 0.957 bits per heavy atom. The van der Waals surface area contributed by atoms with Crippen molar-refractivity contribution in [1.82, 2.24) is 25.1 Å². The first-order valence-electron chi connectivity index (χ1n) is 23.3. The van der Waals surface area contributed by atoms with Crippen LogP contribution < -0.4 is 20.9 Å². The van der Waals surface area contributed by atoms with E-state index in [0.717, 1.165) is 90.7 Å². The molecule has 5 amide bonds. The molecule has 362 valence electrons. The van der Waals surface area contributed by atoms with Crippen LogP contribution in [0.3, 0.4) is 0 Å². The number of hydrogen-bond donors (Lipinski definition) is 2. The van der Waals surface area contributed by atoms with E-state index < -0.39 is 24.4 Å². The number of nitrogens with zero attached hydrogens (tertiary/aromatic N) is 6. The zero-order valence-corrected chi connectivity index (χ0v) is 38.7. The largest absolute Gasteiger partial charge is 0.471 e. The number of likely N-dealkylation sites (tertiary alicyclic amines) is 2. The number of nitrogens with one attached hydrogen (secondary N) is 1. The SMILES string of the molecule is NCC(=O)c1ccc(CN(C(=O)N2CCCCC2)c2cccc(-c3cccnc3)c2)cc1.O=C(CNC(=O)C(F)(F)F)c1ccc(CN(C(=O)N2CCCCC2)c2cccc(-c3cccnc3)c2)cc1. The summed E-state index contributed by atoms with van der Waals surface area (Å²) in [5.74, 6) is -2.91. The van der Waals surface area contributed by atoms with Gasteiger partial charge >= 0.3 is 24.1 Å². The molecule has 0 radical (unpaired) electrons. The van der Waals surface area contributed by atoms with Gasteiger partial charge in [0.15, 0.2) is 11.6 Å². The lowest BCUT2D eigenvalue weighted by Crippen LogP contribution is -2.45. The molecule has 0 spiro atoms. The smallest absolute Gasteiger partial charge is 0.341 e. The van der Waals surface area contributed by atoms with Gasteiger partial charge in [0.1, 0.15) is 0 Å². The Morgan fingerprint density at radius 1 is 0.543 bits per heavy atom. The molecule has 0 aliphatic carbocycles. The lowest BCUT2D eigenvalue weighted by atomic mass is 10.1. The summed E-state index contributed by atoms with van der Waals surface area (Å²) in [6.45, 7) is 2.78. The van der Waals surface area contributed by atoms with E-state index in [1.54, 1.807) is 53.1 Å². The van der Waals surface area contributed by atoms with Crippen LogP contribution in [0.5, 0.6) is 0 Å². The van der Waals surface area contributed by atoms with E-state index in [-0.39, 0.29) is 36.5 Å². The van der Waals surface area contributed by atoms with Crippen LogP contribution in [0.25, 0.3) is 22.3 Å². The Kier molecular flexibility index (Phi) is 17.2. The number of Topliss-reactive ketones (excluding diaryl/α,β-unsaturated/α-hetero) is 2. The molecular formula is C54H55F3N8O5. The first-order valence-corrected chi connectivity index (χ1v) is 23.3. The topological polar surface area (TPSA) is 162 Å². The van der Waals surface area contributed by atoms with E-state index in [9.17, 15) is 37.1 Å². The van der Waals surface area contributed by atoms with E-state index in [1.165, 1.54) is 12.1 Å². The van der Waals surface area contributed by atoms with E-state index in [1.807, 2.05) is 106 Å². The summed E-state index contributed by atoms with van der Waals surface area (Å²) in [7, 11) is 0. The minimum absolute atomic E-state index is 0.00940. The number of alkyl halides is 3. The van der Waals surface area contributed by atoms with Gasteiger partial charge in [0, 0.05) is 84.6 Å². The Hall–Kier alpha value is -7.72. The summed E-state index contributed by atoms with van der Waals surface area (Å²) in [6.07, 6.45) is 8.16. The van der Waals surface area contributed by atoms with Crippen molar-refractivity contribution in [2.75, 3.05) is 49.1 Å². The zero-order chi connectivity index (χ0) is 49.5. The molecule has 0 bridgehead atoms. The number of hydrogen-bond acceptors (Lipinski definition) is 8. The average Bonchev–Trinajstić information content (AvgIpc) is 3.41. The number of benzene rings is 4. The molecule has 13 nitrogen and oxygen atoms in total. The Labute approximate surface area is 405 Å². The molecule has 2 fully saturated rings. The summed E-state index contributed by atoms with van der Waals surface area (Å²) in [5.41, 5.74) is 13.3. The lowest BCUT2D eigenvalue weighted by molar-refractivity contribution is -0.173. The number of carbonyl (C=O) groups is 5. The third kappa shape index (κ3) is 13.5. The standard InChI is InChI=1S/C28H27F3N4O3.C26H28N4O2/c29-28(30,31)26(37)33-18-25(36)21-11-9-20(10-12-21)19-35(27(38)34-14-2-1-3-15-34)24-8-4-6-22(16-24)23-7-5-13-32-17-23;27-17-25(31)21-11-9-20(10-12-21)19-30(26(32)29-14-2-1-3-15-29)24-8-4-6-22(16-24)23-7-5-13-28-18-23/h4-13,16-17H,1-3,14-15,18-19H2,(H,33,37);4-13,16,18H,1-3,14-15,17,19,27H2. The third-order valence-electron chi connectivity index (χ3n) is 12.1. The van der Waals surface area contributed by atoms with Crippen molar-refractivity contribution < 1.29 is 37.1 Å². The van der Waals surface area contributed by atoms with Gasteiger partial charge in [0.05, 0.1) is 26.2 Å². The molecule has 0 atom stereocenters. The highest BCUT2D eigenvalue weighted by Gasteiger charge is 2.38. The first kappa shape index (κ1) is 50.2. The van der Waals surface area contributed by atoms with Gasteiger partial charge in [-0.3, -0.25) is 34.2 Å². The van der Waals surface area contributed by atoms with Crippen LogP contribution in [0.4, 0.5) is 34.1 Å². The molecule has 2 aliphatic rings. The highest BCUT2D eigenvalue weighted by Crippen LogP contribution is 2.29. The lowest BCUT2D eigenvalue weighted by Gasteiger charge is -2.33. The van der Waals surface area contributed by atoms with Gasteiger partial charge in [0.2, 0.25) is 0 Å². The zero-order valence-electron chi connectivity index (χ0n) is 38.7. The van der Waals surface area contributed by atoms with Crippen LogP contribution in [0.15, 0.2) is 146 Å². The molecule has 16 heteroatoms. The van der Waals surface area contributed by atoms with Crippen molar-refractivity contribution in [3.63, 3.8) is 0 Å². The molecule has 6 aromatic rings. The molecular weight excluding hydrogens is 898 g/mol. The number of urea groups is 2. The van der Waals surface area contributed by atoms with Gasteiger partial charge in [-0.2, -0.15) is 13.2 Å². The second-order valence-corrected chi connectivity index (χ2v) is 17.0. The molecule has 8 rings (SSSR count). The number of anilines is 2. The predicted octanol–water partition coefficient (Wildman–Crippen LogP) is 9.72. The minimum Gasteiger partial charge on any atom is -0.341 e. The number of carbonyl (C=O) groups excluding carboxylic acids is 5. The minimum atomic E-state index is -5.05. The Morgan fingerprint density at radius 3 is 1.34 bits per heavy atom. The van der Waals surface area contributed by atoms with Crippen molar-refractivity contribution in [2.24, 2.45) is 5.73 Å². The maximum Gasteiger partial charge on any atom is 0.471 e. The fourth-order valence-electron chi connectivity index (χ4n) is 8.26. The van der Waals surface area contributed by atoms with Crippen molar-refractivity contribution >= 4 is 40.9 Å². The third-order valence-corrected chi connectivity index (χ3v) is 12.1. The summed E-state index contributed by atoms with van der Waals surface area (Å²) >= 11 is 0. The number of piperidine rings is 2. The maximum atomic E-state index is 13.6.